The van der Waals surface area contributed by atoms with Crippen molar-refractivity contribution in [1.29, 1.82) is 0 Å². The van der Waals surface area contributed by atoms with Crippen molar-refractivity contribution in [3.63, 3.8) is 0 Å². The number of likely N-dealkylation sites (tertiary alicyclic amines) is 1. The van der Waals surface area contributed by atoms with Crippen LogP contribution >= 0.6 is 0 Å². The summed E-state index contributed by atoms with van der Waals surface area (Å²) in [5, 5.41) is 5.80. The van der Waals surface area contributed by atoms with E-state index in [-0.39, 0.29) is 12.8 Å². The quantitative estimate of drug-likeness (QED) is 0.831. The average Bonchev–Trinajstić information content (AvgIpc) is 3.07. The molecule has 24 heavy (non-hydrogen) atoms. The van der Waals surface area contributed by atoms with Gasteiger partial charge in [-0.3, -0.25) is 0 Å². The maximum Gasteiger partial charge on any atom is 0.319 e. The molecule has 1 aromatic carbocycles. The summed E-state index contributed by atoms with van der Waals surface area (Å²) in [4.78, 5) is 14.4. The van der Waals surface area contributed by atoms with Gasteiger partial charge in [-0.1, -0.05) is 0 Å². The molecule has 3 rings (SSSR count). The molecular weight excluding hydrogens is 310 g/mol. The molecule has 2 aliphatic rings. The number of urea groups is 1. The number of rotatable bonds is 6. The van der Waals surface area contributed by atoms with Gasteiger partial charge in [0.05, 0.1) is 6.61 Å². The lowest BCUT2D eigenvalue weighted by molar-refractivity contribution is 0.120. The van der Waals surface area contributed by atoms with Gasteiger partial charge in [-0.05, 0) is 44.0 Å². The number of ether oxygens (including phenoxy) is 3. The first-order valence-corrected chi connectivity index (χ1v) is 8.40. The molecular formula is C17H25N3O4. The molecule has 0 unspecified atom stereocenters. The standard InChI is InChI=1S/C17H25N3O4/c1-22-9-8-20-6-4-13(5-7-20)11-18-17(21)19-14-2-3-15-16(10-14)24-12-23-15/h2-3,10,13H,4-9,11-12H2,1H3,(H2,18,19,21). The van der Waals surface area contributed by atoms with Gasteiger partial charge in [0, 0.05) is 32.0 Å². The molecule has 0 radical (unpaired) electrons. The molecule has 1 aromatic rings. The summed E-state index contributed by atoms with van der Waals surface area (Å²) in [6, 6.07) is 5.20. The summed E-state index contributed by atoms with van der Waals surface area (Å²) in [6.45, 7) is 4.84. The van der Waals surface area contributed by atoms with Gasteiger partial charge in [-0.15, -0.1) is 0 Å². The number of hydrogen-bond donors (Lipinski definition) is 2. The lowest BCUT2D eigenvalue weighted by Crippen LogP contribution is -2.40. The Morgan fingerprint density at radius 1 is 1.29 bits per heavy atom. The summed E-state index contributed by atoms with van der Waals surface area (Å²) in [5.41, 5.74) is 0.700. The zero-order valence-electron chi connectivity index (χ0n) is 14.0. The number of carbonyl (C=O) groups is 1. The lowest BCUT2D eigenvalue weighted by Gasteiger charge is -2.31. The van der Waals surface area contributed by atoms with Gasteiger partial charge in [-0.25, -0.2) is 4.79 Å². The Labute approximate surface area is 142 Å². The van der Waals surface area contributed by atoms with Crippen molar-refractivity contribution in [2.45, 2.75) is 12.8 Å². The van der Waals surface area contributed by atoms with Crippen LogP contribution in [-0.2, 0) is 4.74 Å². The molecule has 0 atom stereocenters. The minimum atomic E-state index is -0.185. The summed E-state index contributed by atoms with van der Waals surface area (Å²) >= 11 is 0. The molecule has 132 valence electrons. The first kappa shape index (κ1) is 16.9. The van der Waals surface area contributed by atoms with Crippen LogP contribution in [0, 0.1) is 5.92 Å². The average molecular weight is 335 g/mol. The van der Waals surface area contributed by atoms with Crippen LogP contribution in [0.2, 0.25) is 0 Å². The Kier molecular flexibility index (Phi) is 5.77. The summed E-state index contributed by atoms with van der Waals surface area (Å²) in [5.74, 6) is 1.91. The van der Waals surface area contributed by atoms with Crippen molar-refractivity contribution < 1.29 is 19.0 Å². The molecule has 7 nitrogen and oxygen atoms in total. The van der Waals surface area contributed by atoms with E-state index in [0.29, 0.717) is 29.6 Å². The second-order valence-corrected chi connectivity index (χ2v) is 6.18. The molecule has 0 spiro atoms. The Hall–Kier alpha value is -1.99. The Balaban J connectivity index is 1.37. The van der Waals surface area contributed by atoms with Crippen molar-refractivity contribution in [3.05, 3.63) is 18.2 Å². The third-order valence-electron chi connectivity index (χ3n) is 4.50. The number of carbonyl (C=O) groups excluding carboxylic acids is 1. The molecule has 1 fully saturated rings. The predicted octanol–water partition coefficient (Wildman–Crippen LogP) is 1.90. The fraction of sp³-hybridized carbons (Fsp3) is 0.588. The summed E-state index contributed by atoms with van der Waals surface area (Å²) < 4.78 is 15.7. The van der Waals surface area contributed by atoms with Gasteiger partial charge >= 0.3 is 6.03 Å². The van der Waals surface area contributed by atoms with Crippen LogP contribution in [0.5, 0.6) is 11.5 Å². The first-order valence-electron chi connectivity index (χ1n) is 8.40. The normalized spacial score (nSPS) is 17.7. The lowest BCUT2D eigenvalue weighted by atomic mass is 9.97. The number of anilines is 1. The molecule has 0 saturated carbocycles. The fourth-order valence-electron chi connectivity index (χ4n) is 3.02. The van der Waals surface area contributed by atoms with Gasteiger partial charge < -0.3 is 29.7 Å². The van der Waals surface area contributed by atoms with Gasteiger partial charge in [0.2, 0.25) is 6.79 Å². The Morgan fingerprint density at radius 2 is 2.08 bits per heavy atom. The van der Waals surface area contributed by atoms with Crippen LogP contribution in [0.25, 0.3) is 0 Å². The monoisotopic (exact) mass is 335 g/mol. The number of hydrogen-bond acceptors (Lipinski definition) is 5. The number of methoxy groups -OCH3 is 1. The van der Waals surface area contributed by atoms with E-state index < -0.39 is 0 Å². The maximum atomic E-state index is 12.0. The van der Waals surface area contributed by atoms with Gasteiger partial charge in [0.15, 0.2) is 11.5 Å². The van der Waals surface area contributed by atoms with Crippen LogP contribution in [0.1, 0.15) is 12.8 Å². The highest BCUT2D eigenvalue weighted by atomic mass is 16.7. The van der Waals surface area contributed by atoms with Crippen molar-refractivity contribution >= 4 is 11.7 Å². The van der Waals surface area contributed by atoms with E-state index in [1.807, 2.05) is 0 Å². The second-order valence-electron chi connectivity index (χ2n) is 6.18. The maximum absolute atomic E-state index is 12.0. The predicted molar refractivity (Wildman–Crippen MR) is 90.6 cm³/mol. The topological polar surface area (TPSA) is 72.1 Å². The summed E-state index contributed by atoms with van der Waals surface area (Å²) in [6.07, 6.45) is 2.21. The molecule has 2 amide bonds. The van der Waals surface area contributed by atoms with Gasteiger partial charge in [0.25, 0.3) is 0 Å². The number of amides is 2. The van der Waals surface area contributed by atoms with E-state index in [9.17, 15) is 4.79 Å². The van der Waals surface area contributed by atoms with Crippen molar-refractivity contribution in [2.75, 3.05) is 52.0 Å². The Bertz CT molecular complexity index is 559. The van der Waals surface area contributed by atoms with Crippen LogP contribution in [0.15, 0.2) is 18.2 Å². The zero-order chi connectivity index (χ0) is 16.8. The van der Waals surface area contributed by atoms with Crippen molar-refractivity contribution in [1.82, 2.24) is 10.2 Å². The third-order valence-corrected chi connectivity index (χ3v) is 4.50. The highest BCUT2D eigenvalue weighted by Gasteiger charge is 2.19. The number of benzene rings is 1. The molecule has 2 N–H and O–H groups in total. The number of nitrogens with one attached hydrogen (secondary N) is 2. The van der Waals surface area contributed by atoms with E-state index in [4.69, 9.17) is 14.2 Å². The van der Waals surface area contributed by atoms with Gasteiger partial charge in [-0.2, -0.15) is 0 Å². The molecule has 0 aliphatic carbocycles. The van der Waals surface area contributed by atoms with E-state index in [2.05, 4.69) is 15.5 Å². The Morgan fingerprint density at radius 3 is 2.88 bits per heavy atom. The first-order chi connectivity index (χ1) is 11.7. The minimum absolute atomic E-state index is 0.185. The highest BCUT2D eigenvalue weighted by molar-refractivity contribution is 5.89. The van der Waals surface area contributed by atoms with Crippen LogP contribution in [0.4, 0.5) is 10.5 Å². The van der Waals surface area contributed by atoms with E-state index in [0.717, 1.165) is 39.1 Å². The number of fused-ring (bicyclic) bond motifs is 1. The molecule has 1 saturated heterocycles. The van der Waals surface area contributed by atoms with Crippen molar-refractivity contribution in [2.24, 2.45) is 5.92 Å². The molecule has 2 aliphatic heterocycles. The number of nitrogens with zero attached hydrogens (tertiary/aromatic N) is 1. The third kappa shape index (κ3) is 4.52. The molecule has 0 bridgehead atoms. The number of piperidine rings is 1. The SMILES string of the molecule is COCCN1CCC(CNC(=O)Nc2ccc3c(c2)OCO3)CC1. The molecule has 7 heteroatoms. The molecule has 0 aromatic heterocycles. The minimum Gasteiger partial charge on any atom is -0.454 e. The zero-order valence-corrected chi connectivity index (χ0v) is 14.0. The largest absolute Gasteiger partial charge is 0.454 e. The summed E-state index contributed by atoms with van der Waals surface area (Å²) in [7, 11) is 1.73. The van der Waals surface area contributed by atoms with E-state index in [1.54, 1.807) is 25.3 Å². The van der Waals surface area contributed by atoms with Crippen LogP contribution in [0.3, 0.4) is 0 Å². The smallest absolute Gasteiger partial charge is 0.319 e. The molecule has 2 heterocycles. The van der Waals surface area contributed by atoms with E-state index in [1.165, 1.54) is 0 Å². The second kappa shape index (κ2) is 8.21. The van der Waals surface area contributed by atoms with Crippen molar-refractivity contribution in [3.8, 4) is 11.5 Å². The fourth-order valence-corrected chi connectivity index (χ4v) is 3.02. The highest BCUT2D eigenvalue weighted by Crippen LogP contribution is 2.34. The van der Waals surface area contributed by atoms with Crippen LogP contribution in [-0.4, -0.2) is 57.6 Å². The van der Waals surface area contributed by atoms with Gasteiger partial charge in [0.1, 0.15) is 0 Å². The van der Waals surface area contributed by atoms with E-state index >= 15 is 0 Å². The van der Waals surface area contributed by atoms with Crippen LogP contribution < -0.4 is 20.1 Å².